The van der Waals surface area contributed by atoms with Crippen molar-refractivity contribution in [2.45, 2.75) is 0 Å². The molecule has 1 N–H and O–H groups in total. The van der Waals surface area contributed by atoms with E-state index in [0.717, 1.165) is 5.56 Å². The Hall–Kier alpha value is -2.33. The number of H-pyrrole nitrogens is 1. The Morgan fingerprint density at radius 1 is 1.29 bits per heavy atom. The van der Waals surface area contributed by atoms with Gasteiger partial charge in [0, 0.05) is 5.56 Å². The summed E-state index contributed by atoms with van der Waals surface area (Å²) < 4.78 is 0. The maximum atomic E-state index is 9.96. The SMILES string of the molecule is O=C=Nc1ccc(-c2nn[nH]n2)cc1. The Kier molecular flexibility index (Phi) is 2.12. The van der Waals surface area contributed by atoms with Crippen LogP contribution in [-0.2, 0) is 4.79 Å². The number of nitrogens with one attached hydrogen (secondary N) is 1. The smallest absolute Gasteiger partial charge is 0.211 e. The monoisotopic (exact) mass is 187 g/mol. The predicted molar refractivity (Wildman–Crippen MR) is 47.4 cm³/mol. The van der Waals surface area contributed by atoms with Crippen LogP contribution < -0.4 is 0 Å². The van der Waals surface area contributed by atoms with Crippen LogP contribution >= 0.6 is 0 Å². The first-order chi connectivity index (χ1) is 6.90. The number of isocyanates is 1. The topological polar surface area (TPSA) is 83.9 Å². The lowest BCUT2D eigenvalue weighted by atomic mass is 10.2. The Labute approximate surface area is 78.7 Å². The van der Waals surface area contributed by atoms with Crippen molar-refractivity contribution < 1.29 is 4.79 Å². The number of aromatic amines is 1. The number of hydrogen-bond donors (Lipinski definition) is 1. The second kappa shape index (κ2) is 3.59. The van der Waals surface area contributed by atoms with E-state index in [2.05, 4.69) is 25.6 Å². The Morgan fingerprint density at radius 3 is 2.64 bits per heavy atom. The second-order valence-corrected chi connectivity index (χ2v) is 2.49. The summed E-state index contributed by atoms with van der Waals surface area (Å²) in [5.41, 5.74) is 1.36. The van der Waals surface area contributed by atoms with Gasteiger partial charge in [-0.1, -0.05) is 0 Å². The summed E-state index contributed by atoms with van der Waals surface area (Å²) in [7, 11) is 0. The molecule has 2 rings (SSSR count). The molecule has 68 valence electrons. The van der Waals surface area contributed by atoms with E-state index in [1.165, 1.54) is 6.08 Å². The maximum absolute atomic E-state index is 9.96. The molecule has 0 amide bonds. The van der Waals surface area contributed by atoms with Gasteiger partial charge in [0.15, 0.2) is 0 Å². The predicted octanol–water partition coefficient (Wildman–Crippen LogP) is 0.834. The molecule has 0 fully saturated rings. The Morgan fingerprint density at radius 2 is 2.07 bits per heavy atom. The van der Waals surface area contributed by atoms with Gasteiger partial charge in [-0.25, -0.2) is 4.79 Å². The summed E-state index contributed by atoms with van der Waals surface area (Å²) in [6.07, 6.45) is 1.46. The van der Waals surface area contributed by atoms with E-state index >= 15 is 0 Å². The third-order valence-electron chi connectivity index (χ3n) is 1.65. The van der Waals surface area contributed by atoms with Crippen LogP contribution in [-0.4, -0.2) is 26.7 Å². The summed E-state index contributed by atoms with van der Waals surface area (Å²) in [5.74, 6) is 0.506. The maximum Gasteiger partial charge on any atom is 0.240 e. The molecule has 0 atom stereocenters. The minimum atomic E-state index is 0.506. The van der Waals surface area contributed by atoms with Gasteiger partial charge in [-0.05, 0) is 29.5 Å². The number of aromatic nitrogens is 4. The quantitative estimate of drug-likeness (QED) is 0.557. The van der Waals surface area contributed by atoms with Crippen LogP contribution in [0.25, 0.3) is 11.4 Å². The molecule has 0 aliphatic heterocycles. The van der Waals surface area contributed by atoms with Gasteiger partial charge in [0.1, 0.15) is 0 Å². The van der Waals surface area contributed by atoms with E-state index in [1.807, 2.05) is 0 Å². The lowest BCUT2D eigenvalue weighted by Gasteiger charge is -1.93. The minimum Gasteiger partial charge on any atom is -0.211 e. The first kappa shape index (κ1) is 8.28. The average Bonchev–Trinajstić information content (AvgIpc) is 2.72. The number of tetrazole rings is 1. The highest BCUT2D eigenvalue weighted by atomic mass is 16.1. The van der Waals surface area contributed by atoms with Gasteiger partial charge >= 0.3 is 0 Å². The highest BCUT2D eigenvalue weighted by molar-refractivity contribution is 5.59. The zero-order chi connectivity index (χ0) is 9.80. The largest absolute Gasteiger partial charge is 0.240 e. The van der Waals surface area contributed by atoms with Crippen molar-refractivity contribution in [1.82, 2.24) is 20.6 Å². The molecule has 1 aromatic heterocycles. The number of aliphatic imine (C=N–C) groups is 1. The molecule has 0 aliphatic rings. The molecule has 0 radical (unpaired) electrons. The highest BCUT2D eigenvalue weighted by Crippen LogP contribution is 2.17. The first-order valence-electron chi connectivity index (χ1n) is 3.82. The van der Waals surface area contributed by atoms with E-state index in [1.54, 1.807) is 24.3 Å². The fourth-order valence-electron chi connectivity index (χ4n) is 1.02. The van der Waals surface area contributed by atoms with Crippen LogP contribution in [0.4, 0.5) is 5.69 Å². The van der Waals surface area contributed by atoms with Crippen molar-refractivity contribution in [2.24, 2.45) is 4.99 Å². The molecule has 0 saturated carbocycles. The van der Waals surface area contributed by atoms with Crippen molar-refractivity contribution in [3.8, 4) is 11.4 Å². The molecular formula is C8H5N5O. The number of rotatable bonds is 2. The fraction of sp³-hybridized carbons (Fsp3) is 0. The third-order valence-corrected chi connectivity index (χ3v) is 1.65. The van der Waals surface area contributed by atoms with Crippen LogP contribution in [0, 0.1) is 0 Å². The summed E-state index contributed by atoms with van der Waals surface area (Å²) in [6.45, 7) is 0. The summed E-state index contributed by atoms with van der Waals surface area (Å²) in [4.78, 5) is 13.4. The molecule has 0 saturated heterocycles. The van der Waals surface area contributed by atoms with E-state index < -0.39 is 0 Å². The number of benzene rings is 1. The minimum absolute atomic E-state index is 0.506. The van der Waals surface area contributed by atoms with Crippen LogP contribution in [0.2, 0.25) is 0 Å². The van der Waals surface area contributed by atoms with Crippen molar-refractivity contribution >= 4 is 11.8 Å². The van der Waals surface area contributed by atoms with Crippen LogP contribution in [0.5, 0.6) is 0 Å². The Bertz CT molecular complexity index is 455. The lowest BCUT2D eigenvalue weighted by molar-refractivity contribution is 0.565. The van der Waals surface area contributed by atoms with Crippen molar-refractivity contribution in [1.29, 1.82) is 0 Å². The highest BCUT2D eigenvalue weighted by Gasteiger charge is 2.01. The zero-order valence-electron chi connectivity index (χ0n) is 7.01. The third kappa shape index (κ3) is 1.55. The summed E-state index contributed by atoms with van der Waals surface area (Å²) >= 11 is 0. The molecule has 1 aromatic carbocycles. The molecular weight excluding hydrogens is 182 g/mol. The lowest BCUT2D eigenvalue weighted by Crippen LogP contribution is -1.79. The van der Waals surface area contributed by atoms with E-state index in [-0.39, 0.29) is 0 Å². The van der Waals surface area contributed by atoms with Gasteiger partial charge in [0.2, 0.25) is 11.9 Å². The first-order valence-corrected chi connectivity index (χ1v) is 3.82. The van der Waals surface area contributed by atoms with E-state index in [4.69, 9.17) is 0 Å². The molecule has 2 aromatic rings. The average molecular weight is 187 g/mol. The van der Waals surface area contributed by atoms with Crippen LogP contribution in [0.3, 0.4) is 0 Å². The summed E-state index contributed by atoms with van der Waals surface area (Å²) in [6, 6.07) is 6.86. The van der Waals surface area contributed by atoms with Gasteiger partial charge in [-0.15, -0.1) is 10.2 Å². The van der Waals surface area contributed by atoms with Crippen molar-refractivity contribution in [2.75, 3.05) is 0 Å². The molecule has 0 bridgehead atoms. The van der Waals surface area contributed by atoms with E-state index in [9.17, 15) is 4.79 Å². The standard InChI is InChI=1S/C8H5N5O/c14-5-9-7-3-1-6(2-4-7)8-10-12-13-11-8/h1-4H,(H,10,11,12,13). The Balaban J connectivity index is 2.35. The zero-order valence-corrected chi connectivity index (χ0v) is 7.01. The number of hydrogen-bond acceptors (Lipinski definition) is 5. The molecule has 1 heterocycles. The van der Waals surface area contributed by atoms with Gasteiger partial charge in [-0.3, -0.25) is 0 Å². The second-order valence-electron chi connectivity index (χ2n) is 2.49. The van der Waals surface area contributed by atoms with Gasteiger partial charge in [0.05, 0.1) is 5.69 Å². The van der Waals surface area contributed by atoms with Crippen LogP contribution in [0.15, 0.2) is 29.3 Å². The molecule has 6 nitrogen and oxygen atoms in total. The molecule has 0 unspecified atom stereocenters. The molecule has 0 spiro atoms. The van der Waals surface area contributed by atoms with Gasteiger partial charge in [0.25, 0.3) is 0 Å². The van der Waals surface area contributed by atoms with Gasteiger partial charge < -0.3 is 0 Å². The molecule has 6 heteroatoms. The van der Waals surface area contributed by atoms with Crippen molar-refractivity contribution in [3.63, 3.8) is 0 Å². The number of carbonyl (C=O) groups excluding carboxylic acids is 1. The van der Waals surface area contributed by atoms with Crippen molar-refractivity contribution in [3.05, 3.63) is 24.3 Å². The van der Waals surface area contributed by atoms with Gasteiger partial charge in [-0.2, -0.15) is 10.2 Å². The molecule has 0 aliphatic carbocycles. The van der Waals surface area contributed by atoms with Crippen LogP contribution in [0.1, 0.15) is 0 Å². The number of nitrogens with zero attached hydrogens (tertiary/aromatic N) is 4. The van der Waals surface area contributed by atoms with E-state index in [0.29, 0.717) is 11.5 Å². The fourth-order valence-corrected chi connectivity index (χ4v) is 1.02. The summed E-state index contributed by atoms with van der Waals surface area (Å²) in [5, 5.41) is 13.4. The molecule has 14 heavy (non-hydrogen) atoms. The normalized spacial score (nSPS) is 9.43.